The fraction of sp³-hybridized carbons (Fsp3) is 0.417. The average molecular weight is 237 g/mol. The van der Waals surface area contributed by atoms with Crippen LogP contribution >= 0.6 is 0 Å². The van der Waals surface area contributed by atoms with Crippen LogP contribution in [0, 0.1) is 0 Å². The second-order valence-corrected chi connectivity index (χ2v) is 3.82. The third-order valence-corrected chi connectivity index (χ3v) is 2.36. The molecule has 1 fully saturated rings. The summed E-state index contributed by atoms with van der Waals surface area (Å²) >= 11 is 0. The van der Waals surface area contributed by atoms with E-state index in [4.69, 9.17) is 19.9 Å². The van der Waals surface area contributed by atoms with Gasteiger partial charge in [0.1, 0.15) is 11.9 Å². The molecule has 0 spiro atoms. The first kappa shape index (κ1) is 11.7. The van der Waals surface area contributed by atoms with Gasteiger partial charge in [0.25, 0.3) is 0 Å². The van der Waals surface area contributed by atoms with Crippen LogP contribution < -0.4 is 10.5 Å². The molecule has 0 atom stereocenters. The van der Waals surface area contributed by atoms with E-state index in [2.05, 4.69) is 0 Å². The van der Waals surface area contributed by atoms with Crippen molar-refractivity contribution in [2.45, 2.75) is 12.5 Å². The fourth-order valence-electron chi connectivity index (χ4n) is 1.34. The molecule has 17 heavy (non-hydrogen) atoms. The van der Waals surface area contributed by atoms with Gasteiger partial charge in [-0.3, -0.25) is 4.79 Å². The van der Waals surface area contributed by atoms with Gasteiger partial charge in [0.15, 0.2) is 0 Å². The van der Waals surface area contributed by atoms with Crippen molar-refractivity contribution in [3.8, 4) is 5.75 Å². The molecule has 0 radical (unpaired) electrons. The topological polar surface area (TPSA) is 70.8 Å². The van der Waals surface area contributed by atoms with Crippen LogP contribution in [0.2, 0.25) is 0 Å². The maximum absolute atomic E-state index is 11.3. The Balaban J connectivity index is 1.64. The van der Waals surface area contributed by atoms with Crippen molar-refractivity contribution >= 4 is 11.7 Å². The van der Waals surface area contributed by atoms with E-state index in [1.54, 1.807) is 24.3 Å². The molecule has 0 unspecified atom stereocenters. The molecule has 0 aromatic heterocycles. The number of hydrogen-bond donors (Lipinski definition) is 1. The lowest BCUT2D eigenvalue weighted by molar-refractivity contribution is -0.172. The largest absolute Gasteiger partial charge is 0.493 e. The monoisotopic (exact) mass is 237 g/mol. The van der Waals surface area contributed by atoms with Gasteiger partial charge in [-0.05, 0) is 24.3 Å². The summed E-state index contributed by atoms with van der Waals surface area (Å²) in [6, 6.07) is 7.03. The summed E-state index contributed by atoms with van der Waals surface area (Å²) in [5.74, 6) is 0.438. The molecule has 1 aliphatic rings. The molecule has 1 aliphatic heterocycles. The Hall–Kier alpha value is -1.75. The van der Waals surface area contributed by atoms with Crippen LogP contribution in [-0.2, 0) is 14.3 Å². The third-order valence-electron chi connectivity index (χ3n) is 2.36. The number of nitrogens with two attached hydrogens (primary N) is 1. The Kier molecular flexibility index (Phi) is 3.82. The SMILES string of the molecule is Nc1ccc(OCCC(=O)OC2COC2)cc1. The molecule has 5 nitrogen and oxygen atoms in total. The van der Waals surface area contributed by atoms with E-state index in [1.807, 2.05) is 0 Å². The summed E-state index contributed by atoms with van der Waals surface area (Å²) < 4.78 is 15.4. The van der Waals surface area contributed by atoms with E-state index < -0.39 is 0 Å². The second kappa shape index (κ2) is 5.54. The van der Waals surface area contributed by atoms with E-state index in [1.165, 1.54) is 0 Å². The fourth-order valence-corrected chi connectivity index (χ4v) is 1.34. The summed E-state index contributed by atoms with van der Waals surface area (Å²) in [5, 5.41) is 0. The first-order valence-electron chi connectivity index (χ1n) is 5.49. The first-order valence-corrected chi connectivity index (χ1v) is 5.49. The van der Waals surface area contributed by atoms with Gasteiger partial charge in [-0.2, -0.15) is 0 Å². The Morgan fingerprint density at radius 1 is 1.35 bits per heavy atom. The quantitative estimate of drug-likeness (QED) is 0.610. The van der Waals surface area contributed by atoms with Gasteiger partial charge in [0.05, 0.1) is 26.2 Å². The number of ether oxygens (including phenoxy) is 3. The highest BCUT2D eigenvalue weighted by Crippen LogP contribution is 2.13. The molecule has 92 valence electrons. The smallest absolute Gasteiger partial charge is 0.309 e. The number of benzene rings is 1. The summed E-state index contributed by atoms with van der Waals surface area (Å²) in [6.45, 7) is 1.31. The van der Waals surface area contributed by atoms with E-state index in [0.717, 1.165) is 0 Å². The number of hydrogen-bond acceptors (Lipinski definition) is 5. The first-order chi connectivity index (χ1) is 8.24. The lowest BCUT2D eigenvalue weighted by Crippen LogP contribution is -2.38. The number of carbonyl (C=O) groups excluding carboxylic acids is 1. The molecule has 2 rings (SSSR count). The third kappa shape index (κ3) is 3.64. The van der Waals surface area contributed by atoms with Gasteiger partial charge in [-0.15, -0.1) is 0 Å². The van der Waals surface area contributed by atoms with E-state index in [9.17, 15) is 4.79 Å². The predicted molar refractivity (Wildman–Crippen MR) is 61.7 cm³/mol. The zero-order valence-corrected chi connectivity index (χ0v) is 9.43. The van der Waals surface area contributed by atoms with E-state index in [0.29, 0.717) is 31.3 Å². The highest BCUT2D eigenvalue weighted by molar-refractivity contribution is 5.69. The minimum Gasteiger partial charge on any atom is -0.493 e. The molecular formula is C12H15NO4. The minimum absolute atomic E-state index is 0.0703. The minimum atomic E-state index is -0.256. The van der Waals surface area contributed by atoms with Crippen molar-refractivity contribution in [2.24, 2.45) is 0 Å². The van der Waals surface area contributed by atoms with Crippen LogP contribution in [0.3, 0.4) is 0 Å². The van der Waals surface area contributed by atoms with E-state index in [-0.39, 0.29) is 18.5 Å². The van der Waals surface area contributed by atoms with Crippen LogP contribution in [0.25, 0.3) is 0 Å². The average Bonchev–Trinajstić information content (AvgIpc) is 2.26. The summed E-state index contributed by atoms with van der Waals surface area (Å²) in [6.07, 6.45) is 0.167. The normalized spacial score (nSPS) is 15.1. The Labute approximate surface area is 99.5 Å². The second-order valence-electron chi connectivity index (χ2n) is 3.82. The number of anilines is 1. The summed E-state index contributed by atoms with van der Waals surface area (Å²) in [5.41, 5.74) is 6.22. The molecule has 2 N–H and O–H groups in total. The molecule has 1 saturated heterocycles. The number of rotatable bonds is 5. The zero-order valence-electron chi connectivity index (χ0n) is 9.43. The van der Waals surface area contributed by atoms with Crippen molar-refractivity contribution in [2.75, 3.05) is 25.6 Å². The highest BCUT2D eigenvalue weighted by Gasteiger charge is 2.22. The van der Waals surface area contributed by atoms with Crippen molar-refractivity contribution in [3.05, 3.63) is 24.3 Å². The number of esters is 1. The lowest BCUT2D eigenvalue weighted by atomic mass is 10.3. The van der Waals surface area contributed by atoms with Crippen LogP contribution in [0.15, 0.2) is 24.3 Å². The van der Waals surface area contributed by atoms with Crippen LogP contribution in [-0.4, -0.2) is 31.9 Å². The molecule has 5 heteroatoms. The number of carbonyl (C=O) groups is 1. The maximum Gasteiger partial charge on any atom is 0.309 e. The standard InChI is InChI=1S/C12H15NO4/c13-9-1-3-10(4-2-9)16-6-5-12(14)17-11-7-15-8-11/h1-4,11H,5-8,13H2. The van der Waals surface area contributed by atoms with Crippen LogP contribution in [0.5, 0.6) is 5.75 Å². The highest BCUT2D eigenvalue weighted by atomic mass is 16.6. The van der Waals surface area contributed by atoms with Crippen LogP contribution in [0.1, 0.15) is 6.42 Å². The van der Waals surface area contributed by atoms with Gasteiger partial charge in [0.2, 0.25) is 0 Å². The van der Waals surface area contributed by atoms with Gasteiger partial charge in [-0.25, -0.2) is 0 Å². The Morgan fingerprint density at radius 3 is 2.65 bits per heavy atom. The van der Waals surface area contributed by atoms with Crippen molar-refractivity contribution in [1.82, 2.24) is 0 Å². The lowest BCUT2D eigenvalue weighted by Gasteiger charge is -2.25. The van der Waals surface area contributed by atoms with Gasteiger partial charge >= 0.3 is 5.97 Å². The zero-order chi connectivity index (χ0) is 12.1. The number of nitrogen functional groups attached to an aromatic ring is 1. The summed E-state index contributed by atoms with van der Waals surface area (Å²) in [4.78, 5) is 11.3. The molecular weight excluding hydrogens is 222 g/mol. The summed E-state index contributed by atoms with van der Waals surface area (Å²) in [7, 11) is 0. The Morgan fingerprint density at radius 2 is 2.06 bits per heavy atom. The van der Waals surface area contributed by atoms with Gasteiger partial charge < -0.3 is 19.9 Å². The molecule has 1 aromatic rings. The predicted octanol–water partition coefficient (Wildman–Crippen LogP) is 0.980. The van der Waals surface area contributed by atoms with Gasteiger partial charge in [-0.1, -0.05) is 0 Å². The van der Waals surface area contributed by atoms with Crippen molar-refractivity contribution in [3.63, 3.8) is 0 Å². The molecule has 1 heterocycles. The Bertz CT molecular complexity index is 373. The van der Waals surface area contributed by atoms with Crippen molar-refractivity contribution < 1.29 is 19.0 Å². The van der Waals surface area contributed by atoms with Crippen LogP contribution in [0.4, 0.5) is 5.69 Å². The van der Waals surface area contributed by atoms with E-state index >= 15 is 0 Å². The molecule has 0 aliphatic carbocycles. The van der Waals surface area contributed by atoms with Crippen molar-refractivity contribution in [1.29, 1.82) is 0 Å². The maximum atomic E-state index is 11.3. The molecule has 0 amide bonds. The molecule has 1 aromatic carbocycles. The molecule has 0 bridgehead atoms. The van der Waals surface area contributed by atoms with Gasteiger partial charge in [0, 0.05) is 5.69 Å². The molecule has 0 saturated carbocycles.